The van der Waals surface area contributed by atoms with Crippen molar-refractivity contribution in [1.82, 2.24) is 5.32 Å². The Hall–Kier alpha value is -0.0400. The maximum atomic E-state index is 3.94. The van der Waals surface area contributed by atoms with Crippen molar-refractivity contribution < 1.29 is 0 Å². The molecule has 0 aromatic rings. The predicted molar refractivity (Wildman–Crippen MR) is 75.1 cm³/mol. The summed E-state index contributed by atoms with van der Waals surface area (Å²) in [7, 11) is 0. The Balaban J connectivity index is 2.05. The molecule has 2 aliphatic carbocycles. The molecule has 2 bridgehead atoms. The highest BCUT2D eigenvalue weighted by atomic mass is 15.0. The molecular weight excluding hydrogens is 206 g/mol. The summed E-state index contributed by atoms with van der Waals surface area (Å²) in [5.41, 5.74) is 1.50. The van der Waals surface area contributed by atoms with Gasteiger partial charge in [0.05, 0.1) is 0 Å². The highest BCUT2D eigenvalue weighted by Gasteiger charge is 2.59. The van der Waals surface area contributed by atoms with Gasteiger partial charge in [-0.1, -0.05) is 41.5 Å². The maximum Gasteiger partial charge on any atom is 0.0175 e. The molecule has 17 heavy (non-hydrogen) atoms. The van der Waals surface area contributed by atoms with E-state index in [9.17, 15) is 0 Å². The summed E-state index contributed by atoms with van der Waals surface area (Å²) in [6, 6.07) is 0.722. The summed E-state index contributed by atoms with van der Waals surface area (Å²) in [6.07, 6.45) is 5.60. The fourth-order valence-electron chi connectivity index (χ4n) is 4.31. The monoisotopic (exact) mass is 237 g/mol. The van der Waals surface area contributed by atoms with Crippen LogP contribution in [-0.4, -0.2) is 12.6 Å². The Morgan fingerprint density at radius 1 is 1.24 bits per heavy atom. The summed E-state index contributed by atoms with van der Waals surface area (Å²) in [4.78, 5) is 0. The van der Waals surface area contributed by atoms with Crippen LogP contribution in [0.2, 0.25) is 0 Å². The highest BCUT2D eigenvalue weighted by Crippen LogP contribution is 2.62. The van der Waals surface area contributed by atoms with Gasteiger partial charge in [0, 0.05) is 12.6 Å². The van der Waals surface area contributed by atoms with Crippen molar-refractivity contribution in [2.75, 3.05) is 6.54 Å². The summed E-state index contributed by atoms with van der Waals surface area (Å²) in [5, 5.41) is 3.94. The Bertz CT molecular complexity index is 287. The minimum absolute atomic E-state index is 0.439. The third-order valence-electron chi connectivity index (χ3n) is 6.01. The van der Waals surface area contributed by atoms with Crippen LogP contribution < -0.4 is 5.32 Å². The highest BCUT2D eigenvalue weighted by molar-refractivity contribution is 5.12. The van der Waals surface area contributed by atoms with Gasteiger partial charge in [0.15, 0.2) is 0 Å². The molecule has 2 rings (SSSR count). The molecule has 0 aliphatic heterocycles. The van der Waals surface area contributed by atoms with Crippen LogP contribution in [0.25, 0.3) is 0 Å². The van der Waals surface area contributed by atoms with E-state index >= 15 is 0 Å². The first-order valence-corrected chi connectivity index (χ1v) is 7.45. The van der Waals surface area contributed by atoms with Crippen LogP contribution in [0.1, 0.15) is 67.2 Å². The molecule has 1 heteroatoms. The summed E-state index contributed by atoms with van der Waals surface area (Å²) >= 11 is 0. The minimum atomic E-state index is 0.439. The predicted octanol–water partition coefficient (Wildman–Crippen LogP) is 4.23. The Labute approximate surface area is 108 Å². The van der Waals surface area contributed by atoms with Gasteiger partial charge in [-0.25, -0.2) is 0 Å². The Morgan fingerprint density at radius 3 is 2.35 bits per heavy atom. The van der Waals surface area contributed by atoms with Crippen LogP contribution in [0, 0.1) is 22.2 Å². The molecule has 0 radical (unpaired) electrons. The standard InChI is InChI=1S/C16H31N/c1-7-14(2,3)11-17-13-15(4,5)12-8-9-16(13,6)10-12/h12-13,17H,7-11H2,1-6H3. The lowest BCUT2D eigenvalue weighted by molar-refractivity contribution is 0.0981. The molecule has 1 N–H and O–H groups in total. The molecule has 0 aromatic carbocycles. The SMILES string of the molecule is CCC(C)(C)CNC1C2(C)CCC(C2)C1(C)C. The average Bonchev–Trinajstić information content (AvgIpc) is 2.68. The van der Waals surface area contributed by atoms with E-state index in [1.807, 2.05) is 0 Å². The van der Waals surface area contributed by atoms with E-state index in [0.717, 1.165) is 12.0 Å². The van der Waals surface area contributed by atoms with Crippen LogP contribution in [-0.2, 0) is 0 Å². The average molecular weight is 237 g/mol. The molecule has 0 saturated heterocycles. The molecule has 3 atom stereocenters. The Morgan fingerprint density at radius 2 is 1.88 bits per heavy atom. The first-order valence-electron chi connectivity index (χ1n) is 7.45. The third kappa shape index (κ3) is 2.16. The van der Waals surface area contributed by atoms with Crippen LogP contribution in [0.4, 0.5) is 0 Å². The molecule has 0 spiro atoms. The topological polar surface area (TPSA) is 12.0 Å². The Kier molecular flexibility index (Phi) is 3.14. The second kappa shape index (κ2) is 3.98. The van der Waals surface area contributed by atoms with E-state index in [-0.39, 0.29) is 0 Å². The normalized spacial score (nSPS) is 39.9. The van der Waals surface area contributed by atoms with Gasteiger partial charge in [-0.3, -0.25) is 0 Å². The molecule has 1 nitrogen and oxygen atoms in total. The lowest BCUT2D eigenvalue weighted by atomic mass is 9.68. The van der Waals surface area contributed by atoms with Gasteiger partial charge in [0.1, 0.15) is 0 Å². The zero-order valence-corrected chi connectivity index (χ0v) is 12.7. The fourth-order valence-corrected chi connectivity index (χ4v) is 4.31. The lowest BCUT2D eigenvalue weighted by Crippen LogP contribution is -2.52. The second-order valence-corrected chi connectivity index (χ2v) is 8.25. The molecule has 2 fully saturated rings. The molecule has 0 heterocycles. The molecule has 0 aromatic heterocycles. The number of rotatable bonds is 4. The maximum absolute atomic E-state index is 3.94. The largest absolute Gasteiger partial charge is 0.312 e. The van der Waals surface area contributed by atoms with Crippen molar-refractivity contribution >= 4 is 0 Å². The van der Waals surface area contributed by atoms with Crippen LogP contribution in [0.5, 0.6) is 0 Å². The lowest BCUT2D eigenvalue weighted by Gasteiger charge is -2.44. The van der Waals surface area contributed by atoms with Crippen molar-refractivity contribution in [3.05, 3.63) is 0 Å². The molecule has 0 amide bonds. The molecule has 100 valence electrons. The van der Waals surface area contributed by atoms with Crippen molar-refractivity contribution in [3.63, 3.8) is 0 Å². The zero-order valence-electron chi connectivity index (χ0n) is 12.7. The van der Waals surface area contributed by atoms with E-state index in [0.29, 0.717) is 16.2 Å². The van der Waals surface area contributed by atoms with Gasteiger partial charge in [-0.2, -0.15) is 0 Å². The summed E-state index contributed by atoms with van der Waals surface area (Å²) in [6.45, 7) is 15.7. The molecular formula is C16H31N. The van der Waals surface area contributed by atoms with Gasteiger partial charge in [-0.05, 0) is 47.8 Å². The quantitative estimate of drug-likeness (QED) is 0.771. The number of hydrogen-bond acceptors (Lipinski definition) is 1. The second-order valence-electron chi connectivity index (χ2n) is 8.25. The van der Waals surface area contributed by atoms with Gasteiger partial charge < -0.3 is 5.32 Å². The smallest absolute Gasteiger partial charge is 0.0175 e. The number of nitrogens with one attached hydrogen (secondary N) is 1. The van der Waals surface area contributed by atoms with E-state index in [4.69, 9.17) is 0 Å². The van der Waals surface area contributed by atoms with Crippen LogP contribution in [0.15, 0.2) is 0 Å². The molecule has 2 aliphatic rings. The number of hydrogen-bond donors (Lipinski definition) is 1. The first kappa shape index (κ1) is 13.4. The van der Waals surface area contributed by atoms with E-state index in [1.54, 1.807) is 0 Å². The molecule has 2 saturated carbocycles. The van der Waals surface area contributed by atoms with E-state index < -0.39 is 0 Å². The van der Waals surface area contributed by atoms with Gasteiger partial charge in [0.25, 0.3) is 0 Å². The van der Waals surface area contributed by atoms with Gasteiger partial charge in [-0.15, -0.1) is 0 Å². The first-order chi connectivity index (χ1) is 7.71. The minimum Gasteiger partial charge on any atom is -0.312 e. The van der Waals surface area contributed by atoms with Gasteiger partial charge in [0.2, 0.25) is 0 Å². The van der Waals surface area contributed by atoms with Crippen molar-refractivity contribution in [1.29, 1.82) is 0 Å². The summed E-state index contributed by atoms with van der Waals surface area (Å²) in [5.74, 6) is 0.953. The number of fused-ring (bicyclic) bond motifs is 2. The van der Waals surface area contributed by atoms with Crippen LogP contribution in [0.3, 0.4) is 0 Å². The van der Waals surface area contributed by atoms with E-state index in [2.05, 4.69) is 46.9 Å². The third-order valence-corrected chi connectivity index (χ3v) is 6.01. The van der Waals surface area contributed by atoms with Crippen molar-refractivity contribution in [2.45, 2.75) is 73.3 Å². The van der Waals surface area contributed by atoms with Crippen molar-refractivity contribution in [3.8, 4) is 0 Å². The van der Waals surface area contributed by atoms with Crippen molar-refractivity contribution in [2.24, 2.45) is 22.2 Å². The van der Waals surface area contributed by atoms with Gasteiger partial charge >= 0.3 is 0 Å². The van der Waals surface area contributed by atoms with Crippen LogP contribution >= 0.6 is 0 Å². The van der Waals surface area contributed by atoms with E-state index in [1.165, 1.54) is 32.2 Å². The fraction of sp³-hybridized carbons (Fsp3) is 1.00. The zero-order chi connectivity index (χ0) is 12.9. The summed E-state index contributed by atoms with van der Waals surface area (Å²) < 4.78 is 0. The molecule has 3 unspecified atom stereocenters.